The second-order valence-electron chi connectivity index (χ2n) is 9.11. The third-order valence-electron chi connectivity index (χ3n) is 7.27. The van der Waals surface area contributed by atoms with Crippen LogP contribution in [0.15, 0.2) is 48.5 Å². The van der Waals surface area contributed by atoms with Crippen LogP contribution in [0.5, 0.6) is 0 Å². The maximum Gasteiger partial charge on any atom is 0.253 e. The Morgan fingerprint density at radius 2 is 1.82 bits per heavy atom. The van der Waals surface area contributed by atoms with Gasteiger partial charge >= 0.3 is 0 Å². The van der Waals surface area contributed by atoms with Crippen molar-refractivity contribution in [3.8, 4) is 11.1 Å². The van der Waals surface area contributed by atoms with Crippen LogP contribution in [0.3, 0.4) is 0 Å². The molecule has 0 aromatic heterocycles. The van der Waals surface area contributed by atoms with Gasteiger partial charge in [0.2, 0.25) is 5.91 Å². The van der Waals surface area contributed by atoms with Gasteiger partial charge in [-0.2, -0.15) is 0 Å². The summed E-state index contributed by atoms with van der Waals surface area (Å²) in [5, 5.41) is 0. The van der Waals surface area contributed by atoms with Crippen molar-refractivity contribution in [3.63, 3.8) is 0 Å². The number of likely N-dealkylation sites (tertiary alicyclic amines) is 2. The Balaban J connectivity index is 1.40. The minimum Gasteiger partial charge on any atom is -0.338 e. The molecule has 6 heteroatoms. The highest BCUT2D eigenvalue weighted by atomic mass is 19.1. The summed E-state index contributed by atoms with van der Waals surface area (Å²) in [5.41, 5.74) is 2.34. The van der Waals surface area contributed by atoms with Gasteiger partial charge in [0, 0.05) is 44.2 Å². The minimum atomic E-state index is -0.271. The minimum absolute atomic E-state index is 0.0332. The van der Waals surface area contributed by atoms with E-state index < -0.39 is 0 Å². The van der Waals surface area contributed by atoms with E-state index in [-0.39, 0.29) is 23.7 Å². The molecule has 2 aliphatic heterocycles. The number of likely N-dealkylation sites (N-methyl/N-ethyl adjacent to an activating group) is 1. The van der Waals surface area contributed by atoms with Gasteiger partial charge in [-0.25, -0.2) is 4.39 Å². The Morgan fingerprint density at radius 1 is 1.06 bits per heavy atom. The van der Waals surface area contributed by atoms with Crippen molar-refractivity contribution < 1.29 is 14.0 Å². The third kappa shape index (κ3) is 5.27. The van der Waals surface area contributed by atoms with Crippen LogP contribution in [-0.4, -0.2) is 71.8 Å². The number of hydrogen-bond acceptors (Lipinski definition) is 3. The highest BCUT2D eigenvalue weighted by Crippen LogP contribution is 2.32. The number of carbonyl (C=O) groups excluding carboxylic acids is 2. The van der Waals surface area contributed by atoms with Crippen molar-refractivity contribution in [3.05, 3.63) is 59.9 Å². The second-order valence-corrected chi connectivity index (χ2v) is 9.11. The largest absolute Gasteiger partial charge is 0.338 e. The van der Waals surface area contributed by atoms with Gasteiger partial charge in [0.05, 0.1) is 0 Å². The number of piperidine rings is 2. The zero-order chi connectivity index (χ0) is 23.4. The third-order valence-corrected chi connectivity index (χ3v) is 7.27. The van der Waals surface area contributed by atoms with Crippen LogP contribution < -0.4 is 0 Å². The first-order valence-corrected chi connectivity index (χ1v) is 12.2. The molecule has 0 bridgehead atoms. The van der Waals surface area contributed by atoms with Gasteiger partial charge in [0.1, 0.15) is 5.82 Å². The molecule has 0 saturated carbocycles. The molecule has 0 radical (unpaired) electrons. The summed E-state index contributed by atoms with van der Waals surface area (Å²) < 4.78 is 13.5. The average Bonchev–Trinajstić information content (AvgIpc) is 2.85. The Hall–Kier alpha value is -2.73. The lowest BCUT2D eigenvalue weighted by atomic mass is 9.83. The summed E-state index contributed by atoms with van der Waals surface area (Å²) in [7, 11) is 0. The van der Waals surface area contributed by atoms with Gasteiger partial charge in [-0.1, -0.05) is 38.1 Å². The fourth-order valence-corrected chi connectivity index (χ4v) is 5.27. The van der Waals surface area contributed by atoms with Crippen LogP contribution in [0, 0.1) is 11.7 Å². The fraction of sp³-hybridized carbons (Fsp3) is 0.481. The Morgan fingerprint density at radius 3 is 2.52 bits per heavy atom. The topological polar surface area (TPSA) is 43.9 Å². The van der Waals surface area contributed by atoms with Crippen LogP contribution in [0.1, 0.15) is 43.5 Å². The summed E-state index contributed by atoms with van der Waals surface area (Å²) in [5.74, 6) is 0.359. The fourth-order valence-electron chi connectivity index (χ4n) is 5.27. The van der Waals surface area contributed by atoms with Gasteiger partial charge in [-0.3, -0.25) is 9.59 Å². The quantitative estimate of drug-likeness (QED) is 0.631. The van der Waals surface area contributed by atoms with E-state index in [0.29, 0.717) is 31.0 Å². The van der Waals surface area contributed by atoms with E-state index in [4.69, 9.17) is 0 Å². The normalized spacial score (nSPS) is 20.8. The van der Waals surface area contributed by atoms with Gasteiger partial charge in [0.15, 0.2) is 0 Å². The van der Waals surface area contributed by atoms with Crippen molar-refractivity contribution in [1.82, 2.24) is 14.7 Å². The summed E-state index contributed by atoms with van der Waals surface area (Å²) in [6.07, 6.45) is 2.26. The number of carbonyl (C=O) groups is 2. The standard InChI is InChI=1S/C27H34FN3O2/c1-3-29(4-2)16-17-31-25-14-15-30(19-23(25)12-13-26(31)32)27(33)21-10-8-20(9-11-21)22-6-5-7-24(28)18-22/h5-11,18,23,25H,3-4,12-17,19H2,1-2H3/t23-,25+/m1/s1. The lowest BCUT2D eigenvalue weighted by Crippen LogP contribution is -2.58. The van der Waals surface area contributed by atoms with Crippen molar-refractivity contribution in [1.29, 1.82) is 0 Å². The average molecular weight is 452 g/mol. The predicted molar refractivity (Wildman–Crippen MR) is 128 cm³/mol. The smallest absolute Gasteiger partial charge is 0.253 e. The van der Waals surface area contributed by atoms with E-state index in [0.717, 1.165) is 50.1 Å². The molecule has 2 saturated heterocycles. The van der Waals surface area contributed by atoms with Crippen LogP contribution >= 0.6 is 0 Å². The second kappa shape index (κ2) is 10.5. The molecule has 0 unspecified atom stereocenters. The molecule has 5 nitrogen and oxygen atoms in total. The summed E-state index contributed by atoms with van der Waals surface area (Å²) in [4.78, 5) is 32.2. The van der Waals surface area contributed by atoms with Crippen LogP contribution in [0.2, 0.25) is 0 Å². The number of benzene rings is 2. The summed E-state index contributed by atoms with van der Waals surface area (Å²) in [6.45, 7) is 9.34. The zero-order valence-corrected chi connectivity index (χ0v) is 19.7. The lowest BCUT2D eigenvalue weighted by Gasteiger charge is -2.47. The van der Waals surface area contributed by atoms with E-state index in [1.165, 1.54) is 12.1 Å². The van der Waals surface area contributed by atoms with Crippen molar-refractivity contribution in [2.45, 2.75) is 39.2 Å². The molecule has 2 amide bonds. The number of rotatable bonds is 7. The number of hydrogen-bond donors (Lipinski definition) is 0. The highest BCUT2D eigenvalue weighted by molar-refractivity contribution is 5.95. The number of halogens is 1. The lowest BCUT2D eigenvalue weighted by molar-refractivity contribution is -0.140. The van der Waals surface area contributed by atoms with Gasteiger partial charge in [0.25, 0.3) is 5.91 Å². The molecule has 2 aromatic rings. The number of nitrogens with zero attached hydrogens (tertiary/aromatic N) is 3. The first-order valence-electron chi connectivity index (χ1n) is 12.2. The number of fused-ring (bicyclic) bond motifs is 1. The van der Waals surface area contributed by atoms with Crippen LogP contribution in [0.25, 0.3) is 11.1 Å². The maximum absolute atomic E-state index is 13.5. The van der Waals surface area contributed by atoms with E-state index in [1.54, 1.807) is 6.07 Å². The zero-order valence-electron chi connectivity index (χ0n) is 19.7. The van der Waals surface area contributed by atoms with E-state index in [2.05, 4.69) is 23.6 Å². The molecule has 176 valence electrons. The maximum atomic E-state index is 13.5. The van der Waals surface area contributed by atoms with Gasteiger partial charge in [-0.05, 0) is 67.2 Å². The van der Waals surface area contributed by atoms with E-state index in [9.17, 15) is 14.0 Å². The first kappa shape index (κ1) is 23.4. The molecule has 4 rings (SSSR count). The SMILES string of the molecule is CCN(CC)CCN1C(=O)CC[C@@H]2CN(C(=O)c3ccc(-c4cccc(F)c4)cc3)CC[C@@H]21. The Labute approximate surface area is 196 Å². The molecule has 0 N–H and O–H groups in total. The predicted octanol–water partition coefficient (Wildman–Crippen LogP) is 4.29. The molecule has 0 spiro atoms. The highest BCUT2D eigenvalue weighted by Gasteiger charge is 2.40. The molecule has 2 atom stereocenters. The van der Waals surface area contributed by atoms with E-state index in [1.807, 2.05) is 35.2 Å². The molecule has 0 aliphatic carbocycles. The summed E-state index contributed by atoms with van der Waals surface area (Å²) >= 11 is 0. The monoisotopic (exact) mass is 451 g/mol. The molecule has 2 heterocycles. The molecule has 2 aliphatic rings. The van der Waals surface area contributed by atoms with Crippen molar-refractivity contribution >= 4 is 11.8 Å². The van der Waals surface area contributed by atoms with Gasteiger partial charge in [-0.15, -0.1) is 0 Å². The van der Waals surface area contributed by atoms with E-state index >= 15 is 0 Å². The van der Waals surface area contributed by atoms with Crippen molar-refractivity contribution in [2.24, 2.45) is 5.92 Å². The first-order chi connectivity index (χ1) is 16.0. The Kier molecular flexibility index (Phi) is 7.43. The molecule has 33 heavy (non-hydrogen) atoms. The number of amides is 2. The van der Waals surface area contributed by atoms with Crippen LogP contribution in [-0.2, 0) is 4.79 Å². The molecular weight excluding hydrogens is 417 g/mol. The molecular formula is C27H34FN3O2. The van der Waals surface area contributed by atoms with Crippen LogP contribution in [0.4, 0.5) is 4.39 Å². The Bertz CT molecular complexity index is 974. The van der Waals surface area contributed by atoms with Crippen molar-refractivity contribution in [2.75, 3.05) is 39.3 Å². The molecule has 2 aromatic carbocycles. The molecule has 2 fully saturated rings. The summed E-state index contributed by atoms with van der Waals surface area (Å²) in [6, 6.07) is 14.1. The van der Waals surface area contributed by atoms with Gasteiger partial charge < -0.3 is 14.7 Å².